The first-order valence-corrected chi connectivity index (χ1v) is 3.48. The molecule has 0 spiro atoms. The first-order valence-electron chi connectivity index (χ1n) is 3.48. The van der Waals surface area contributed by atoms with Crippen LogP contribution < -0.4 is 0 Å². The van der Waals surface area contributed by atoms with Crippen molar-refractivity contribution >= 4 is 0 Å². The highest BCUT2D eigenvalue weighted by molar-refractivity contribution is 4.50. The Morgan fingerprint density at radius 2 is 1.45 bits per heavy atom. The minimum atomic E-state index is -0.157. The number of rotatable bonds is 6. The molecule has 0 aromatic carbocycles. The highest BCUT2D eigenvalue weighted by Crippen LogP contribution is 1.85. The number of likely N-dealkylation sites (N-methyl/N-ethyl adjacent to an activating group) is 1. The van der Waals surface area contributed by atoms with Gasteiger partial charge in [0.15, 0.2) is 0 Å². The van der Waals surface area contributed by atoms with Crippen LogP contribution in [0.2, 0.25) is 0 Å². The Balaban J connectivity index is 3.34. The van der Waals surface area contributed by atoms with E-state index in [0.717, 1.165) is 0 Å². The van der Waals surface area contributed by atoms with Crippen LogP contribution in [0.4, 0.5) is 0 Å². The van der Waals surface area contributed by atoms with Gasteiger partial charge in [-0.1, -0.05) is 0 Å². The Labute approximate surface area is 66.5 Å². The zero-order valence-electron chi connectivity index (χ0n) is 6.77. The molecule has 68 valence electrons. The molecule has 5 heteroatoms. The molecule has 0 saturated carbocycles. The average Bonchev–Trinajstić information content (AvgIpc) is 2.06. The fraction of sp³-hybridized carbons (Fsp3) is 1.00. The van der Waals surface area contributed by atoms with Crippen molar-refractivity contribution in [2.75, 3.05) is 40.3 Å². The van der Waals surface area contributed by atoms with E-state index in [1.165, 1.54) is 4.90 Å². The Morgan fingerprint density at radius 3 is 1.82 bits per heavy atom. The van der Waals surface area contributed by atoms with Crippen molar-refractivity contribution in [1.29, 1.82) is 0 Å². The molecule has 11 heavy (non-hydrogen) atoms. The van der Waals surface area contributed by atoms with Crippen molar-refractivity contribution < 1.29 is 15.3 Å². The molecule has 0 aliphatic heterocycles. The summed E-state index contributed by atoms with van der Waals surface area (Å²) in [5, 5.41) is 25.8. The predicted molar refractivity (Wildman–Crippen MR) is 40.6 cm³/mol. The molecule has 5 nitrogen and oxygen atoms in total. The van der Waals surface area contributed by atoms with Gasteiger partial charge in [-0.05, 0) is 7.05 Å². The Bertz CT molecular complexity index is 87.9. The van der Waals surface area contributed by atoms with Crippen molar-refractivity contribution in [2.24, 2.45) is 0 Å². The summed E-state index contributed by atoms with van der Waals surface area (Å²) in [5.74, 6) is 0. The maximum Gasteiger partial charge on any atom is 0.0974 e. The molecule has 0 atom stereocenters. The molecule has 0 saturated heterocycles. The van der Waals surface area contributed by atoms with Gasteiger partial charge in [0.05, 0.1) is 20.2 Å². The fourth-order valence-corrected chi connectivity index (χ4v) is 0.569. The summed E-state index contributed by atoms with van der Waals surface area (Å²) in [4.78, 5) is 3.13. The van der Waals surface area contributed by atoms with Crippen molar-refractivity contribution in [1.82, 2.24) is 9.80 Å². The Hall–Kier alpha value is -0.200. The van der Waals surface area contributed by atoms with Crippen molar-refractivity contribution in [2.45, 2.75) is 0 Å². The van der Waals surface area contributed by atoms with Crippen molar-refractivity contribution in [3.63, 3.8) is 0 Å². The Morgan fingerprint density at radius 1 is 0.909 bits per heavy atom. The second-order valence-electron chi connectivity index (χ2n) is 2.40. The van der Waals surface area contributed by atoms with Crippen LogP contribution in [0.5, 0.6) is 0 Å². The summed E-state index contributed by atoms with van der Waals surface area (Å²) < 4.78 is 0. The maximum atomic E-state index is 8.60. The summed E-state index contributed by atoms with van der Waals surface area (Å²) >= 11 is 0. The van der Waals surface area contributed by atoms with Crippen LogP contribution in [-0.2, 0) is 0 Å². The summed E-state index contributed by atoms with van der Waals surface area (Å²) in [6.45, 7) is 0.845. The summed E-state index contributed by atoms with van der Waals surface area (Å²) in [6, 6.07) is 0. The highest BCUT2D eigenvalue weighted by atomic mass is 16.3. The van der Waals surface area contributed by atoms with E-state index in [1.54, 1.807) is 11.9 Å². The molecule has 0 radical (unpaired) electrons. The number of hydrogen-bond donors (Lipinski definition) is 3. The first-order chi connectivity index (χ1) is 5.24. The molecule has 0 rings (SSSR count). The molecule has 0 aromatic rings. The molecule has 0 bridgehead atoms. The van der Waals surface area contributed by atoms with E-state index in [-0.39, 0.29) is 20.2 Å². The summed E-state index contributed by atoms with van der Waals surface area (Å²) in [6.07, 6.45) is 0. The monoisotopic (exact) mass is 164 g/mol. The molecule has 0 aliphatic carbocycles. The number of aliphatic hydroxyl groups is 3. The maximum absolute atomic E-state index is 8.60. The van der Waals surface area contributed by atoms with Crippen LogP contribution in [0, 0.1) is 0 Å². The van der Waals surface area contributed by atoms with E-state index in [1.807, 2.05) is 0 Å². The highest BCUT2D eigenvalue weighted by Gasteiger charge is 2.01. The van der Waals surface area contributed by atoms with Gasteiger partial charge < -0.3 is 15.3 Å². The van der Waals surface area contributed by atoms with Crippen LogP contribution in [0.1, 0.15) is 0 Å². The SMILES string of the molecule is CN(CO)CCN(CO)CO. The van der Waals surface area contributed by atoms with Gasteiger partial charge in [-0.25, -0.2) is 0 Å². The minimum Gasteiger partial charge on any atom is -0.381 e. The topological polar surface area (TPSA) is 67.2 Å². The minimum absolute atomic E-state index is 0.00923. The lowest BCUT2D eigenvalue weighted by molar-refractivity contribution is 0.0176. The largest absolute Gasteiger partial charge is 0.381 e. The van der Waals surface area contributed by atoms with Gasteiger partial charge in [-0.15, -0.1) is 0 Å². The van der Waals surface area contributed by atoms with E-state index in [0.29, 0.717) is 13.1 Å². The predicted octanol–water partition coefficient (Wildman–Crippen LogP) is -1.93. The quantitative estimate of drug-likeness (QED) is 0.399. The third-order valence-corrected chi connectivity index (χ3v) is 1.44. The van der Waals surface area contributed by atoms with Crippen molar-refractivity contribution in [3.8, 4) is 0 Å². The normalized spacial score (nSPS) is 11.5. The lowest BCUT2D eigenvalue weighted by atomic mass is 10.5. The van der Waals surface area contributed by atoms with Crippen LogP contribution in [-0.4, -0.2) is 65.4 Å². The van der Waals surface area contributed by atoms with Gasteiger partial charge in [-0.2, -0.15) is 0 Å². The fourth-order valence-electron chi connectivity index (χ4n) is 0.569. The lowest BCUT2D eigenvalue weighted by Gasteiger charge is -2.19. The number of aliphatic hydroxyl groups excluding tert-OH is 3. The van der Waals surface area contributed by atoms with Crippen molar-refractivity contribution in [3.05, 3.63) is 0 Å². The van der Waals surface area contributed by atoms with E-state index in [4.69, 9.17) is 15.3 Å². The van der Waals surface area contributed by atoms with Gasteiger partial charge >= 0.3 is 0 Å². The Kier molecular flexibility index (Phi) is 6.39. The molecule has 0 aromatic heterocycles. The lowest BCUT2D eigenvalue weighted by Crippen LogP contribution is -2.34. The second kappa shape index (κ2) is 6.51. The molecule has 0 aliphatic rings. The van der Waals surface area contributed by atoms with E-state index in [2.05, 4.69) is 0 Å². The van der Waals surface area contributed by atoms with E-state index in [9.17, 15) is 0 Å². The number of hydrogen-bond acceptors (Lipinski definition) is 5. The second-order valence-corrected chi connectivity index (χ2v) is 2.40. The summed E-state index contributed by atoms with van der Waals surface area (Å²) in [5.41, 5.74) is 0. The van der Waals surface area contributed by atoms with E-state index >= 15 is 0 Å². The summed E-state index contributed by atoms with van der Waals surface area (Å²) in [7, 11) is 1.76. The average molecular weight is 164 g/mol. The number of nitrogens with zero attached hydrogens (tertiary/aromatic N) is 2. The van der Waals surface area contributed by atoms with Gasteiger partial charge in [0.25, 0.3) is 0 Å². The molecular formula is C6H16N2O3. The zero-order chi connectivity index (χ0) is 8.69. The van der Waals surface area contributed by atoms with Gasteiger partial charge in [0.1, 0.15) is 0 Å². The first kappa shape index (κ1) is 10.8. The van der Waals surface area contributed by atoms with Crippen LogP contribution in [0.25, 0.3) is 0 Å². The zero-order valence-corrected chi connectivity index (χ0v) is 6.77. The van der Waals surface area contributed by atoms with E-state index < -0.39 is 0 Å². The molecule has 0 unspecified atom stereocenters. The van der Waals surface area contributed by atoms with Crippen LogP contribution in [0.15, 0.2) is 0 Å². The molecule has 0 heterocycles. The van der Waals surface area contributed by atoms with Crippen LogP contribution >= 0.6 is 0 Å². The third-order valence-electron chi connectivity index (χ3n) is 1.44. The van der Waals surface area contributed by atoms with Gasteiger partial charge in [0.2, 0.25) is 0 Å². The van der Waals surface area contributed by atoms with Crippen LogP contribution in [0.3, 0.4) is 0 Å². The smallest absolute Gasteiger partial charge is 0.0974 e. The van der Waals surface area contributed by atoms with Gasteiger partial charge in [-0.3, -0.25) is 9.80 Å². The molecule has 3 N–H and O–H groups in total. The third kappa shape index (κ3) is 5.11. The molecular weight excluding hydrogens is 148 g/mol. The van der Waals surface area contributed by atoms with Gasteiger partial charge in [0, 0.05) is 13.1 Å². The molecule has 0 amide bonds. The standard InChI is InChI=1S/C6H16N2O3/c1-7(4-9)2-3-8(5-10)6-11/h9-11H,2-6H2,1H3. The molecule has 0 fully saturated rings.